The van der Waals surface area contributed by atoms with Gasteiger partial charge in [-0.3, -0.25) is 4.90 Å². The first-order valence-corrected chi connectivity index (χ1v) is 8.36. The minimum atomic E-state index is -2.99. The molecule has 0 saturated carbocycles. The molecule has 1 aliphatic rings. The minimum Gasteiger partial charge on any atom is -0.444 e. The Balaban J connectivity index is 2.43. The van der Waals surface area contributed by atoms with E-state index in [1.807, 2.05) is 25.7 Å². The van der Waals surface area contributed by atoms with Gasteiger partial charge in [0, 0.05) is 31.9 Å². The van der Waals surface area contributed by atoms with Gasteiger partial charge in [0.05, 0.1) is 0 Å². The van der Waals surface area contributed by atoms with E-state index in [1.165, 1.54) is 0 Å². The summed E-state index contributed by atoms with van der Waals surface area (Å²) >= 11 is 0. The Labute approximate surface area is 115 Å². The van der Waals surface area contributed by atoms with Gasteiger partial charge in [-0.05, 0) is 20.8 Å². The maximum atomic E-state index is 11.8. The van der Waals surface area contributed by atoms with Crippen LogP contribution in [-0.4, -0.2) is 67.7 Å². The quantitative estimate of drug-likeness (QED) is 0.774. The Bertz CT molecular complexity index is 406. The number of hydrogen-bond acceptors (Lipinski definition) is 5. The highest BCUT2D eigenvalue weighted by Gasteiger charge is 2.27. The molecular formula is C12H24N2O4S. The summed E-state index contributed by atoms with van der Waals surface area (Å²) in [6, 6.07) is 0. The van der Waals surface area contributed by atoms with Gasteiger partial charge in [-0.25, -0.2) is 13.2 Å². The van der Waals surface area contributed by atoms with Crippen molar-refractivity contribution in [2.24, 2.45) is 0 Å². The molecule has 6 nitrogen and oxygen atoms in total. The lowest BCUT2D eigenvalue weighted by atomic mass is 10.2. The molecule has 1 aliphatic heterocycles. The number of carbonyl (C=O) groups excluding carboxylic acids is 1. The van der Waals surface area contributed by atoms with Gasteiger partial charge in [0.25, 0.3) is 0 Å². The van der Waals surface area contributed by atoms with Crippen LogP contribution in [0.5, 0.6) is 0 Å². The first-order valence-electron chi connectivity index (χ1n) is 6.53. The molecule has 0 aromatic rings. The van der Waals surface area contributed by atoms with E-state index in [4.69, 9.17) is 4.74 Å². The van der Waals surface area contributed by atoms with Crippen molar-refractivity contribution in [1.29, 1.82) is 0 Å². The third-order valence-corrected chi connectivity index (χ3v) is 4.48. The second kappa shape index (κ2) is 6.09. The van der Waals surface area contributed by atoms with Gasteiger partial charge in [-0.15, -0.1) is 0 Å². The predicted octanol–water partition coefficient (Wildman–Crippen LogP) is 0.931. The van der Waals surface area contributed by atoms with Crippen LogP contribution >= 0.6 is 0 Å². The van der Waals surface area contributed by atoms with E-state index in [9.17, 15) is 13.2 Å². The summed E-state index contributed by atoms with van der Waals surface area (Å²) < 4.78 is 28.3. The fourth-order valence-corrected chi connectivity index (χ4v) is 2.75. The molecule has 0 aromatic heterocycles. The van der Waals surface area contributed by atoms with Crippen LogP contribution in [0.25, 0.3) is 0 Å². The monoisotopic (exact) mass is 292 g/mol. The molecule has 0 atom stereocenters. The van der Waals surface area contributed by atoms with Crippen LogP contribution in [0.1, 0.15) is 27.7 Å². The van der Waals surface area contributed by atoms with Crippen LogP contribution in [0.2, 0.25) is 0 Å². The minimum absolute atomic E-state index is 0.0751. The van der Waals surface area contributed by atoms with E-state index < -0.39 is 15.4 Å². The second-order valence-electron chi connectivity index (χ2n) is 5.75. The first-order chi connectivity index (χ1) is 8.63. The van der Waals surface area contributed by atoms with E-state index in [1.54, 1.807) is 11.8 Å². The number of amides is 1. The summed E-state index contributed by atoms with van der Waals surface area (Å²) in [6.07, 6.45) is -0.328. The normalized spacial score (nSPS) is 18.4. The summed E-state index contributed by atoms with van der Waals surface area (Å²) in [5.74, 6) is 0.227. The molecule has 1 saturated heterocycles. The van der Waals surface area contributed by atoms with Crippen molar-refractivity contribution >= 4 is 15.9 Å². The summed E-state index contributed by atoms with van der Waals surface area (Å²) in [7, 11) is -2.99. The fourth-order valence-electron chi connectivity index (χ4n) is 1.76. The molecule has 112 valence electrons. The second-order valence-corrected chi connectivity index (χ2v) is 8.07. The van der Waals surface area contributed by atoms with E-state index in [-0.39, 0.29) is 17.7 Å². The summed E-state index contributed by atoms with van der Waals surface area (Å²) in [5, 5.41) is 0. The lowest BCUT2D eigenvalue weighted by molar-refractivity contribution is 0.0159. The highest BCUT2D eigenvalue weighted by Crippen LogP contribution is 2.12. The topological polar surface area (TPSA) is 66.9 Å². The van der Waals surface area contributed by atoms with Crippen molar-refractivity contribution in [3.8, 4) is 0 Å². The molecule has 1 heterocycles. The predicted molar refractivity (Wildman–Crippen MR) is 73.7 cm³/mol. The molecule has 1 rings (SSSR count). The average Bonchev–Trinajstić information content (AvgIpc) is 2.27. The maximum Gasteiger partial charge on any atom is 0.410 e. The van der Waals surface area contributed by atoms with E-state index >= 15 is 0 Å². The first kappa shape index (κ1) is 16.2. The van der Waals surface area contributed by atoms with Gasteiger partial charge in [0.2, 0.25) is 0 Å². The molecule has 19 heavy (non-hydrogen) atoms. The van der Waals surface area contributed by atoms with Crippen molar-refractivity contribution < 1.29 is 17.9 Å². The molecular weight excluding hydrogens is 268 g/mol. The number of rotatable bonds is 3. The lowest BCUT2D eigenvalue weighted by Crippen LogP contribution is -2.51. The number of hydrogen-bond donors (Lipinski definition) is 0. The third kappa shape index (κ3) is 5.78. The van der Waals surface area contributed by atoms with Crippen LogP contribution in [0, 0.1) is 0 Å². The van der Waals surface area contributed by atoms with Crippen LogP contribution in [0.15, 0.2) is 0 Å². The Morgan fingerprint density at radius 1 is 1.16 bits per heavy atom. The van der Waals surface area contributed by atoms with Gasteiger partial charge in [0.15, 0.2) is 9.84 Å². The molecule has 0 aliphatic carbocycles. The maximum absolute atomic E-state index is 11.8. The summed E-state index contributed by atoms with van der Waals surface area (Å²) in [6.45, 7) is 9.28. The molecule has 1 fully saturated rings. The fraction of sp³-hybridized carbons (Fsp3) is 0.917. The smallest absolute Gasteiger partial charge is 0.410 e. The van der Waals surface area contributed by atoms with Crippen molar-refractivity contribution in [3.05, 3.63) is 0 Å². The van der Waals surface area contributed by atoms with Crippen LogP contribution < -0.4 is 0 Å². The molecule has 0 bridgehead atoms. The van der Waals surface area contributed by atoms with E-state index in [0.29, 0.717) is 26.2 Å². The third-order valence-electron chi connectivity index (χ3n) is 2.84. The van der Waals surface area contributed by atoms with Gasteiger partial charge >= 0.3 is 6.09 Å². The van der Waals surface area contributed by atoms with Crippen molar-refractivity contribution in [2.75, 3.05) is 37.8 Å². The van der Waals surface area contributed by atoms with Crippen molar-refractivity contribution in [1.82, 2.24) is 9.80 Å². The van der Waals surface area contributed by atoms with Gasteiger partial charge < -0.3 is 9.64 Å². The Morgan fingerprint density at radius 2 is 1.68 bits per heavy atom. The number of carbonyl (C=O) groups is 1. The molecule has 0 spiro atoms. The summed E-state index contributed by atoms with van der Waals surface area (Å²) in [4.78, 5) is 15.3. The van der Waals surface area contributed by atoms with Crippen LogP contribution in [-0.2, 0) is 14.6 Å². The number of nitrogens with zero attached hydrogens (tertiary/aromatic N) is 2. The Morgan fingerprint density at radius 3 is 2.11 bits per heavy atom. The number of sulfone groups is 1. The lowest BCUT2D eigenvalue weighted by Gasteiger charge is -2.35. The SMILES string of the molecule is CCS(=O)(=O)CN1CCN(C(=O)OC(C)(C)C)CC1. The highest BCUT2D eigenvalue weighted by atomic mass is 32.2. The highest BCUT2D eigenvalue weighted by molar-refractivity contribution is 7.91. The standard InChI is InChI=1S/C12H24N2O4S/c1-5-19(16,17)10-13-6-8-14(9-7-13)11(15)18-12(2,3)4/h5-10H2,1-4H3. The Kier molecular flexibility index (Phi) is 5.20. The zero-order valence-electron chi connectivity index (χ0n) is 12.2. The van der Waals surface area contributed by atoms with Gasteiger partial charge in [-0.1, -0.05) is 6.92 Å². The van der Waals surface area contributed by atoms with Crippen molar-refractivity contribution in [2.45, 2.75) is 33.3 Å². The van der Waals surface area contributed by atoms with Crippen molar-refractivity contribution in [3.63, 3.8) is 0 Å². The average molecular weight is 292 g/mol. The molecule has 1 amide bonds. The van der Waals surface area contributed by atoms with E-state index in [0.717, 1.165) is 0 Å². The number of piperazine rings is 1. The Hall–Kier alpha value is -0.820. The number of ether oxygens (including phenoxy) is 1. The molecule has 0 unspecified atom stereocenters. The zero-order chi connectivity index (χ0) is 14.7. The summed E-state index contributed by atoms with van der Waals surface area (Å²) in [5.41, 5.74) is -0.500. The van der Waals surface area contributed by atoms with Crippen LogP contribution in [0.3, 0.4) is 0 Å². The van der Waals surface area contributed by atoms with E-state index in [2.05, 4.69) is 0 Å². The molecule has 0 aromatic carbocycles. The van der Waals surface area contributed by atoms with Gasteiger partial charge in [0.1, 0.15) is 11.5 Å². The molecule has 7 heteroatoms. The zero-order valence-corrected chi connectivity index (χ0v) is 13.0. The largest absolute Gasteiger partial charge is 0.444 e. The molecule has 0 N–H and O–H groups in total. The molecule has 0 radical (unpaired) electrons. The van der Waals surface area contributed by atoms with Gasteiger partial charge in [-0.2, -0.15) is 0 Å². The van der Waals surface area contributed by atoms with Crippen LogP contribution in [0.4, 0.5) is 4.79 Å².